The highest BCUT2D eigenvalue weighted by molar-refractivity contribution is 8.93. The molecule has 3 rings (SSSR count). The number of Topliss-reactive ketones (excluding diaryl/α,β-unsaturated/α-hetero) is 1. The first kappa shape index (κ1) is 31.8. The molecule has 2 aromatic carbocycles. The fourth-order valence-electron chi connectivity index (χ4n) is 4.53. The zero-order chi connectivity index (χ0) is 28.4. The third kappa shape index (κ3) is 6.79. The second-order valence-electron chi connectivity index (χ2n) is 10.4. The zero-order valence-corrected chi connectivity index (χ0v) is 25.7. The van der Waals surface area contributed by atoms with Gasteiger partial charge in [-0.25, -0.2) is 0 Å². The lowest BCUT2D eigenvalue weighted by molar-refractivity contribution is -0.120. The number of amides is 2. The first-order chi connectivity index (χ1) is 17.8. The van der Waals surface area contributed by atoms with Crippen LogP contribution in [0.1, 0.15) is 67.2 Å². The average Bonchev–Trinajstić information content (AvgIpc) is 3.15. The Bertz CT molecular complexity index is 1290. The number of rotatable bonds is 9. The van der Waals surface area contributed by atoms with E-state index in [0.717, 1.165) is 11.1 Å². The Kier molecular flexibility index (Phi) is 10.3. The fourth-order valence-corrected chi connectivity index (χ4v) is 4.53. The summed E-state index contributed by atoms with van der Waals surface area (Å²) in [6.45, 7) is 10.2. The number of nitrogens with zero attached hydrogens (tertiary/aromatic N) is 2. The molecule has 2 N–H and O–H groups in total. The number of methoxy groups -OCH3 is 1. The summed E-state index contributed by atoms with van der Waals surface area (Å²) in [6.07, 6.45) is 0.138. The summed E-state index contributed by atoms with van der Waals surface area (Å²) in [6, 6.07) is 7.17. The lowest BCUT2D eigenvalue weighted by Gasteiger charge is -2.28. The molecule has 0 saturated heterocycles. The van der Waals surface area contributed by atoms with Gasteiger partial charge in [0.05, 0.1) is 32.4 Å². The SMILES string of the molecule is Br.CCOc1cc2c(cc1CC(=O)NC)C(=N)N(CC(=O)c1cc(N(C)C(C)=O)c(OC)c(C(C)(C)C)c1)C2. The first-order valence-corrected chi connectivity index (χ1v) is 12.6. The summed E-state index contributed by atoms with van der Waals surface area (Å²) in [7, 11) is 4.79. The third-order valence-electron chi connectivity index (χ3n) is 6.72. The molecule has 10 heteroatoms. The van der Waals surface area contributed by atoms with Crippen LogP contribution in [0.25, 0.3) is 0 Å². The lowest BCUT2D eigenvalue weighted by Crippen LogP contribution is -2.31. The number of benzene rings is 2. The number of amidine groups is 1. The van der Waals surface area contributed by atoms with E-state index in [1.165, 1.54) is 11.8 Å². The van der Waals surface area contributed by atoms with Crippen molar-refractivity contribution in [2.75, 3.05) is 39.3 Å². The summed E-state index contributed by atoms with van der Waals surface area (Å²) < 4.78 is 11.5. The number of hydrogen-bond acceptors (Lipinski definition) is 6. The van der Waals surface area contributed by atoms with Crippen LogP contribution in [0, 0.1) is 5.41 Å². The molecule has 0 aromatic heterocycles. The second kappa shape index (κ2) is 12.6. The van der Waals surface area contributed by atoms with Gasteiger partial charge in [-0.1, -0.05) is 20.8 Å². The van der Waals surface area contributed by atoms with Gasteiger partial charge in [0.1, 0.15) is 17.3 Å². The van der Waals surface area contributed by atoms with Crippen LogP contribution in [0.15, 0.2) is 24.3 Å². The summed E-state index contributed by atoms with van der Waals surface area (Å²) in [5.74, 6) is 0.882. The average molecular weight is 604 g/mol. The molecule has 0 unspecified atom stereocenters. The van der Waals surface area contributed by atoms with Gasteiger partial charge in [-0.2, -0.15) is 0 Å². The molecule has 1 heterocycles. The van der Waals surface area contributed by atoms with Crippen molar-refractivity contribution < 1.29 is 23.9 Å². The Morgan fingerprint density at radius 2 is 1.82 bits per heavy atom. The van der Waals surface area contributed by atoms with Crippen LogP contribution in [0.3, 0.4) is 0 Å². The summed E-state index contributed by atoms with van der Waals surface area (Å²) in [5.41, 5.74) is 3.69. The molecule has 0 bridgehead atoms. The number of anilines is 1. The maximum absolute atomic E-state index is 13.6. The minimum absolute atomic E-state index is 0. The molecule has 212 valence electrons. The molecular formula is C29H39BrN4O5. The van der Waals surface area contributed by atoms with E-state index >= 15 is 0 Å². The number of fused-ring (bicyclic) bond motifs is 1. The maximum atomic E-state index is 13.6. The van der Waals surface area contributed by atoms with E-state index in [1.54, 1.807) is 32.2 Å². The van der Waals surface area contributed by atoms with Gasteiger partial charge in [-0.15, -0.1) is 17.0 Å². The highest BCUT2D eigenvalue weighted by Gasteiger charge is 2.30. The first-order valence-electron chi connectivity index (χ1n) is 12.6. The van der Waals surface area contributed by atoms with Crippen LogP contribution in [-0.4, -0.2) is 62.7 Å². The van der Waals surface area contributed by atoms with Crippen LogP contribution in [0.5, 0.6) is 11.5 Å². The van der Waals surface area contributed by atoms with E-state index in [-0.39, 0.29) is 58.8 Å². The molecule has 0 radical (unpaired) electrons. The molecule has 2 amide bonds. The molecule has 0 saturated carbocycles. The highest BCUT2D eigenvalue weighted by atomic mass is 79.9. The van der Waals surface area contributed by atoms with Gasteiger partial charge in [0, 0.05) is 49.8 Å². The van der Waals surface area contributed by atoms with Crippen LogP contribution >= 0.6 is 17.0 Å². The number of ketones is 1. The molecule has 1 aliphatic rings. The maximum Gasteiger partial charge on any atom is 0.224 e. The fraction of sp³-hybridized carbons (Fsp3) is 0.448. The zero-order valence-electron chi connectivity index (χ0n) is 24.0. The van der Waals surface area contributed by atoms with E-state index in [1.807, 2.05) is 45.9 Å². The molecule has 0 spiro atoms. The van der Waals surface area contributed by atoms with Crippen LogP contribution in [-0.2, 0) is 28.0 Å². The van der Waals surface area contributed by atoms with Crippen molar-refractivity contribution >= 4 is 46.1 Å². The molecule has 1 aliphatic heterocycles. The third-order valence-corrected chi connectivity index (χ3v) is 6.72. The smallest absolute Gasteiger partial charge is 0.224 e. The van der Waals surface area contributed by atoms with Gasteiger partial charge in [-0.3, -0.25) is 19.8 Å². The number of carbonyl (C=O) groups is 3. The number of nitrogens with one attached hydrogen (secondary N) is 2. The molecule has 2 aromatic rings. The number of ether oxygens (including phenoxy) is 2. The van der Waals surface area contributed by atoms with Gasteiger partial charge in [0.25, 0.3) is 0 Å². The summed E-state index contributed by atoms with van der Waals surface area (Å²) in [5, 5.41) is 11.4. The van der Waals surface area contributed by atoms with Gasteiger partial charge in [0.15, 0.2) is 5.78 Å². The Labute approximate surface area is 241 Å². The van der Waals surface area contributed by atoms with Crippen molar-refractivity contribution in [3.63, 3.8) is 0 Å². The molecule has 0 atom stereocenters. The Morgan fingerprint density at radius 1 is 1.15 bits per heavy atom. The molecule has 9 nitrogen and oxygen atoms in total. The lowest BCUT2D eigenvalue weighted by atomic mass is 9.84. The van der Waals surface area contributed by atoms with E-state index in [4.69, 9.17) is 14.9 Å². The molecule has 0 fully saturated rings. The van der Waals surface area contributed by atoms with Gasteiger partial charge in [-0.05, 0) is 42.2 Å². The number of hydrogen-bond donors (Lipinski definition) is 2. The Morgan fingerprint density at radius 3 is 2.36 bits per heavy atom. The number of carbonyl (C=O) groups excluding carboxylic acids is 3. The summed E-state index contributed by atoms with van der Waals surface area (Å²) >= 11 is 0. The topological polar surface area (TPSA) is 112 Å². The normalized spacial score (nSPS) is 12.4. The second-order valence-corrected chi connectivity index (χ2v) is 10.4. The minimum atomic E-state index is -0.346. The molecule has 0 aliphatic carbocycles. The van der Waals surface area contributed by atoms with Gasteiger partial charge >= 0.3 is 0 Å². The van der Waals surface area contributed by atoms with Crippen LogP contribution in [0.2, 0.25) is 0 Å². The molecular weight excluding hydrogens is 564 g/mol. The quantitative estimate of drug-likeness (QED) is 0.415. The van der Waals surface area contributed by atoms with Crippen molar-refractivity contribution in [2.24, 2.45) is 0 Å². The van der Waals surface area contributed by atoms with Gasteiger partial charge < -0.3 is 24.6 Å². The van der Waals surface area contributed by atoms with Crippen LogP contribution in [0.4, 0.5) is 5.69 Å². The Balaban J connectivity index is 0.00000533. The van der Waals surface area contributed by atoms with E-state index in [2.05, 4.69) is 5.32 Å². The number of halogens is 1. The predicted octanol–water partition coefficient (Wildman–Crippen LogP) is 4.26. The predicted molar refractivity (Wildman–Crippen MR) is 158 cm³/mol. The van der Waals surface area contributed by atoms with Crippen molar-refractivity contribution in [1.29, 1.82) is 5.41 Å². The Hall–Kier alpha value is -3.40. The van der Waals surface area contributed by atoms with E-state index in [0.29, 0.717) is 47.0 Å². The van der Waals surface area contributed by atoms with E-state index < -0.39 is 0 Å². The minimum Gasteiger partial charge on any atom is -0.494 e. The van der Waals surface area contributed by atoms with Crippen molar-refractivity contribution in [1.82, 2.24) is 10.2 Å². The van der Waals surface area contributed by atoms with Gasteiger partial charge in [0.2, 0.25) is 11.8 Å². The summed E-state index contributed by atoms with van der Waals surface area (Å²) in [4.78, 5) is 41.0. The van der Waals surface area contributed by atoms with Crippen molar-refractivity contribution in [2.45, 2.75) is 53.0 Å². The molecule has 39 heavy (non-hydrogen) atoms. The van der Waals surface area contributed by atoms with Crippen molar-refractivity contribution in [3.05, 3.63) is 52.1 Å². The standard InChI is InChI=1S/C29H38N4O5.BrH/c1-9-38-25-13-20-15-33(28(30)21(20)10-19(25)14-26(36)31-6)16-24(35)18-11-22(29(3,4)5)27(37-8)23(12-18)32(7)17(2)34;/h10-13,30H,9,14-16H2,1-8H3,(H,31,36);1H. The van der Waals surface area contributed by atoms with E-state index in [9.17, 15) is 14.4 Å². The largest absolute Gasteiger partial charge is 0.494 e. The van der Waals surface area contributed by atoms with Crippen molar-refractivity contribution in [3.8, 4) is 11.5 Å². The highest BCUT2D eigenvalue weighted by Crippen LogP contribution is 2.40. The monoisotopic (exact) mass is 602 g/mol. The number of likely N-dealkylation sites (N-methyl/N-ethyl adjacent to an activating group) is 1. The van der Waals surface area contributed by atoms with Crippen LogP contribution < -0.4 is 19.7 Å².